The van der Waals surface area contributed by atoms with Gasteiger partial charge in [-0.2, -0.15) is 0 Å². The molecule has 62 valence electrons. The minimum absolute atomic E-state index is 0.509. The maximum Gasteiger partial charge on any atom is 0.331 e. The van der Waals surface area contributed by atoms with Crippen molar-refractivity contribution in [3.63, 3.8) is 0 Å². The van der Waals surface area contributed by atoms with Gasteiger partial charge in [0.25, 0.3) is 0 Å². The fourth-order valence-electron chi connectivity index (χ4n) is 1.51. The lowest BCUT2D eigenvalue weighted by Crippen LogP contribution is -2.09. The number of rotatable bonds is 2. The van der Waals surface area contributed by atoms with Crippen LogP contribution in [0.3, 0.4) is 0 Å². The molecule has 2 heteroatoms. The molecule has 1 N–H and O–H groups in total. The van der Waals surface area contributed by atoms with E-state index < -0.39 is 5.97 Å². The van der Waals surface area contributed by atoms with Gasteiger partial charge in [-0.15, -0.1) is 0 Å². The predicted octanol–water partition coefficient (Wildman–Crippen LogP) is 2.21. The molecule has 1 aliphatic rings. The SMILES string of the molecule is CC[C@H]1C=C(C(=O)O)CCC1. The van der Waals surface area contributed by atoms with Crippen LogP contribution in [0.2, 0.25) is 0 Å². The highest BCUT2D eigenvalue weighted by Crippen LogP contribution is 2.24. The van der Waals surface area contributed by atoms with E-state index in [-0.39, 0.29) is 0 Å². The first-order chi connectivity index (χ1) is 5.24. The van der Waals surface area contributed by atoms with Crippen LogP contribution in [-0.4, -0.2) is 11.1 Å². The molecule has 0 aromatic heterocycles. The summed E-state index contributed by atoms with van der Waals surface area (Å²) in [4.78, 5) is 10.5. The maximum atomic E-state index is 10.5. The summed E-state index contributed by atoms with van der Waals surface area (Å²) in [7, 11) is 0. The van der Waals surface area contributed by atoms with E-state index in [1.807, 2.05) is 6.08 Å². The van der Waals surface area contributed by atoms with Crippen molar-refractivity contribution in [2.24, 2.45) is 5.92 Å². The van der Waals surface area contributed by atoms with Crippen molar-refractivity contribution in [3.05, 3.63) is 11.6 Å². The van der Waals surface area contributed by atoms with Gasteiger partial charge in [-0.3, -0.25) is 0 Å². The second kappa shape index (κ2) is 3.56. The smallest absolute Gasteiger partial charge is 0.331 e. The number of carbonyl (C=O) groups is 1. The topological polar surface area (TPSA) is 37.3 Å². The minimum Gasteiger partial charge on any atom is -0.478 e. The Kier molecular flexibility index (Phi) is 2.69. The first-order valence-corrected chi connectivity index (χ1v) is 4.18. The number of hydrogen-bond donors (Lipinski definition) is 1. The van der Waals surface area contributed by atoms with E-state index in [1.54, 1.807) is 0 Å². The standard InChI is InChI=1S/C9H14O2/c1-2-7-4-3-5-8(6-7)9(10)11/h6-7H,2-5H2,1H3,(H,10,11)/t7-/m1/s1. The zero-order valence-electron chi connectivity index (χ0n) is 6.84. The summed E-state index contributed by atoms with van der Waals surface area (Å²) in [5.74, 6) is -0.224. The van der Waals surface area contributed by atoms with Gasteiger partial charge in [0.1, 0.15) is 0 Å². The van der Waals surface area contributed by atoms with Crippen molar-refractivity contribution in [1.82, 2.24) is 0 Å². The number of carboxylic acids is 1. The Hall–Kier alpha value is -0.790. The van der Waals surface area contributed by atoms with E-state index in [2.05, 4.69) is 6.92 Å². The quantitative estimate of drug-likeness (QED) is 0.662. The molecular formula is C9H14O2. The second-order valence-corrected chi connectivity index (χ2v) is 3.06. The van der Waals surface area contributed by atoms with Gasteiger partial charge in [-0.1, -0.05) is 13.0 Å². The van der Waals surface area contributed by atoms with Gasteiger partial charge in [-0.05, 0) is 31.6 Å². The van der Waals surface area contributed by atoms with Crippen LogP contribution in [0.25, 0.3) is 0 Å². The van der Waals surface area contributed by atoms with Crippen molar-refractivity contribution >= 4 is 5.97 Å². The first-order valence-electron chi connectivity index (χ1n) is 4.18. The average Bonchev–Trinajstić information content (AvgIpc) is 2.05. The van der Waals surface area contributed by atoms with E-state index in [4.69, 9.17) is 5.11 Å². The lowest BCUT2D eigenvalue weighted by Gasteiger charge is -2.16. The van der Waals surface area contributed by atoms with Gasteiger partial charge in [0, 0.05) is 5.57 Å². The second-order valence-electron chi connectivity index (χ2n) is 3.06. The van der Waals surface area contributed by atoms with Crippen molar-refractivity contribution < 1.29 is 9.90 Å². The van der Waals surface area contributed by atoms with Crippen molar-refractivity contribution in [3.8, 4) is 0 Å². The molecule has 0 fully saturated rings. The zero-order valence-corrected chi connectivity index (χ0v) is 6.84. The van der Waals surface area contributed by atoms with Gasteiger partial charge in [0.05, 0.1) is 0 Å². The van der Waals surface area contributed by atoms with E-state index in [0.717, 1.165) is 25.7 Å². The van der Waals surface area contributed by atoms with Crippen LogP contribution in [0.5, 0.6) is 0 Å². The summed E-state index contributed by atoms with van der Waals surface area (Å²) in [6.45, 7) is 2.10. The van der Waals surface area contributed by atoms with Gasteiger partial charge in [0.15, 0.2) is 0 Å². The van der Waals surface area contributed by atoms with E-state index in [1.165, 1.54) is 0 Å². The molecule has 1 rings (SSSR count). The Morgan fingerprint density at radius 3 is 3.09 bits per heavy atom. The minimum atomic E-state index is -0.733. The Labute approximate surface area is 66.9 Å². The fraction of sp³-hybridized carbons (Fsp3) is 0.667. The van der Waals surface area contributed by atoms with Gasteiger partial charge in [-0.25, -0.2) is 4.79 Å². The molecule has 0 radical (unpaired) electrons. The van der Waals surface area contributed by atoms with Crippen LogP contribution in [0, 0.1) is 5.92 Å². The number of allylic oxidation sites excluding steroid dienone is 1. The van der Waals surface area contributed by atoms with Crippen LogP contribution in [0.4, 0.5) is 0 Å². The average molecular weight is 154 g/mol. The Bertz CT molecular complexity index is 182. The third kappa shape index (κ3) is 2.07. The monoisotopic (exact) mass is 154 g/mol. The lowest BCUT2D eigenvalue weighted by atomic mass is 9.89. The summed E-state index contributed by atoms with van der Waals surface area (Å²) in [6.07, 6.45) is 5.94. The highest BCUT2D eigenvalue weighted by molar-refractivity contribution is 5.86. The molecule has 0 aromatic carbocycles. The largest absolute Gasteiger partial charge is 0.478 e. The number of carboxylic acid groups (broad SMARTS) is 1. The van der Waals surface area contributed by atoms with Crippen molar-refractivity contribution in [1.29, 1.82) is 0 Å². The molecule has 0 saturated carbocycles. The van der Waals surface area contributed by atoms with Crippen LogP contribution >= 0.6 is 0 Å². The number of hydrogen-bond acceptors (Lipinski definition) is 1. The maximum absolute atomic E-state index is 10.5. The molecule has 1 atom stereocenters. The Morgan fingerprint density at radius 1 is 1.82 bits per heavy atom. The molecule has 0 unspecified atom stereocenters. The van der Waals surface area contributed by atoms with Crippen molar-refractivity contribution in [2.75, 3.05) is 0 Å². The molecule has 1 aliphatic carbocycles. The van der Waals surface area contributed by atoms with Crippen LogP contribution in [-0.2, 0) is 4.79 Å². The molecular weight excluding hydrogens is 140 g/mol. The predicted molar refractivity (Wildman–Crippen MR) is 43.4 cm³/mol. The molecule has 0 heterocycles. The lowest BCUT2D eigenvalue weighted by molar-refractivity contribution is -0.132. The van der Waals surface area contributed by atoms with Crippen LogP contribution in [0.1, 0.15) is 32.6 Å². The molecule has 0 spiro atoms. The molecule has 11 heavy (non-hydrogen) atoms. The third-order valence-corrected chi connectivity index (χ3v) is 2.26. The van der Waals surface area contributed by atoms with E-state index in [9.17, 15) is 4.79 Å². The Balaban J connectivity index is 2.64. The molecule has 2 nitrogen and oxygen atoms in total. The summed E-state index contributed by atoms with van der Waals surface area (Å²) >= 11 is 0. The summed E-state index contributed by atoms with van der Waals surface area (Å²) in [5.41, 5.74) is 0.614. The molecule has 0 aromatic rings. The summed E-state index contributed by atoms with van der Waals surface area (Å²) < 4.78 is 0. The fourth-order valence-corrected chi connectivity index (χ4v) is 1.51. The molecule has 0 amide bonds. The zero-order chi connectivity index (χ0) is 8.27. The Morgan fingerprint density at radius 2 is 2.55 bits per heavy atom. The summed E-state index contributed by atoms with van der Waals surface area (Å²) in [6, 6.07) is 0. The third-order valence-electron chi connectivity index (χ3n) is 2.26. The van der Waals surface area contributed by atoms with Gasteiger partial charge < -0.3 is 5.11 Å². The van der Waals surface area contributed by atoms with E-state index in [0.29, 0.717) is 11.5 Å². The van der Waals surface area contributed by atoms with E-state index >= 15 is 0 Å². The highest BCUT2D eigenvalue weighted by Gasteiger charge is 2.15. The first kappa shape index (κ1) is 8.31. The van der Waals surface area contributed by atoms with Gasteiger partial charge in [0.2, 0.25) is 0 Å². The van der Waals surface area contributed by atoms with Crippen LogP contribution < -0.4 is 0 Å². The molecule has 0 saturated heterocycles. The van der Waals surface area contributed by atoms with Gasteiger partial charge >= 0.3 is 5.97 Å². The van der Waals surface area contributed by atoms with Crippen molar-refractivity contribution in [2.45, 2.75) is 32.6 Å². The number of aliphatic carboxylic acids is 1. The van der Waals surface area contributed by atoms with Crippen LogP contribution in [0.15, 0.2) is 11.6 Å². The normalized spacial score (nSPS) is 24.5. The summed E-state index contributed by atoms with van der Waals surface area (Å²) in [5, 5.41) is 8.68. The highest BCUT2D eigenvalue weighted by atomic mass is 16.4. The molecule has 0 bridgehead atoms. The molecule has 0 aliphatic heterocycles.